The molecule has 15 heavy (non-hydrogen) atoms. The molecule has 0 spiro atoms. The maximum Gasteiger partial charge on any atom is 0.227 e. The number of rotatable bonds is 5. The molecule has 0 aromatic heterocycles. The molecule has 0 saturated heterocycles. The van der Waals surface area contributed by atoms with Crippen molar-refractivity contribution in [2.45, 2.75) is 46.2 Å². The average molecular weight is 211 g/mol. The summed E-state index contributed by atoms with van der Waals surface area (Å²) in [5.74, 6) is -0.152. The van der Waals surface area contributed by atoms with Crippen LogP contribution in [0.5, 0.6) is 0 Å². The molecule has 0 heterocycles. The van der Waals surface area contributed by atoms with E-state index in [0.29, 0.717) is 13.0 Å². The summed E-state index contributed by atoms with van der Waals surface area (Å²) in [6.45, 7) is 8.04. The number of nitrogens with zero attached hydrogens (tertiary/aromatic N) is 2. The molecular weight excluding hydrogens is 190 g/mol. The number of nitriles is 1. The molecule has 0 aromatic carbocycles. The SMILES string of the molecule is CC(N)C(C)C(=O)N(CCC#N)C(C)C. The first kappa shape index (κ1) is 13.9. The third-order valence-corrected chi connectivity index (χ3v) is 2.55. The van der Waals surface area contributed by atoms with Crippen molar-refractivity contribution < 1.29 is 4.79 Å². The van der Waals surface area contributed by atoms with Crippen molar-refractivity contribution in [3.8, 4) is 6.07 Å². The molecule has 4 heteroatoms. The van der Waals surface area contributed by atoms with Crippen molar-refractivity contribution in [3.05, 3.63) is 0 Å². The third kappa shape index (κ3) is 4.30. The highest BCUT2D eigenvalue weighted by molar-refractivity contribution is 5.79. The lowest BCUT2D eigenvalue weighted by Crippen LogP contribution is -2.45. The van der Waals surface area contributed by atoms with Crippen LogP contribution in [0, 0.1) is 17.2 Å². The summed E-state index contributed by atoms with van der Waals surface area (Å²) in [5, 5.41) is 8.51. The van der Waals surface area contributed by atoms with Crippen molar-refractivity contribution in [1.29, 1.82) is 5.26 Å². The van der Waals surface area contributed by atoms with Gasteiger partial charge in [-0.05, 0) is 20.8 Å². The summed E-state index contributed by atoms with van der Waals surface area (Å²) >= 11 is 0. The largest absolute Gasteiger partial charge is 0.339 e. The zero-order valence-electron chi connectivity index (χ0n) is 10.0. The van der Waals surface area contributed by atoms with Gasteiger partial charge in [-0.1, -0.05) is 6.92 Å². The Labute approximate surface area is 92.0 Å². The van der Waals surface area contributed by atoms with E-state index in [1.54, 1.807) is 4.90 Å². The summed E-state index contributed by atoms with van der Waals surface area (Å²) in [7, 11) is 0. The Morgan fingerprint density at radius 2 is 1.93 bits per heavy atom. The average Bonchev–Trinajstić information content (AvgIpc) is 2.16. The van der Waals surface area contributed by atoms with Crippen LogP contribution in [0.4, 0.5) is 0 Å². The van der Waals surface area contributed by atoms with Crippen molar-refractivity contribution in [2.75, 3.05) is 6.54 Å². The lowest BCUT2D eigenvalue weighted by molar-refractivity contribution is -0.137. The molecule has 2 atom stereocenters. The van der Waals surface area contributed by atoms with Gasteiger partial charge in [0.05, 0.1) is 18.4 Å². The monoisotopic (exact) mass is 211 g/mol. The highest BCUT2D eigenvalue weighted by Gasteiger charge is 2.24. The Balaban J connectivity index is 4.49. The van der Waals surface area contributed by atoms with Gasteiger partial charge in [0.15, 0.2) is 0 Å². The molecule has 0 aliphatic heterocycles. The van der Waals surface area contributed by atoms with Crippen LogP contribution >= 0.6 is 0 Å². The first-order valence-electron chi connectivity index (χ1n) is 5.34. The molecule has 0 aromatic rings. The topological polar surface area (TPSA) is 70.1 Å². The lowest BCUT2D eigenvalue weighted by Gasteiger charge is -2.30. The van der Waals surface area contributed by atoms with E-state index in [1.807, 2.05) is 27.7 Å². The van der Waals surface area contributed by atoms with Crippen LogP contribution in [0.25, 0.3) is 0 Å². The van der Waals surface area contributed by atoms with Gasteiger partial charge in [0.2, 0.25) is 5.91 Å². The second-order valence-electron chi connectivity index (χ2n) is 4.18. The van der Waals surface area contributed by atoms with Gasteiger partial charge in [-0.3, -0.25) is 4.79 Å². The molecular formula is C11H21N3O. The third-order valence-electron chi connectivity index (χ3n) is 2.55. The highest BCUT2D eigenvalue weighted by Crippen LogP contribution is 2.10. The second kappa shape index (κ2) is 6.41. The van der Waals surface area contributed by atoms with Gasteiger partial charge in [0, 0.05) is 18.6 Å². The molecule has 0 saturated carbocycles. The standard InChI is InChI=1S/C11H21N3O/c1-8(2)14(7-5-6-12)11(15)9(3)10(4)13/h8-10H,5,7,13H2,1-4H3. The predicted molar refractivity (Wildman–Crippen MR) is 59.9 cm³/mol. The Hall–Kier alpha value is -1.08. The Kier molecular flexibility index (Phi) is 5.95. The van der Waals surface area contributed by atoms with Crippen molar-refractivity contribution >= 4 is 5.91 Å². The van der Waals surface area contributed by atoms with Gasteiger partial charge in [-0.25, -0.2) is 0 Å². The molecule has 1 amide bonds. The molecule has 0 radical (unpaired) electrons. The van der Waals surface area contributed by atoms with Crippen LogP contribution in [-0.4, -0.2) is 29.4 Å². The number of hydrogen-bond acceptors (Lipinski definition) is 3. The summed E-state index contributed by atoms with van der Waals surface area (Å²) in [6.07, 6.45) is 0.371. The first-order valence-corrected chi connectivity index (χ1v) is 5.34. The molecule has 0 rings (SSSR count). The minimum Gasteiger partial charge on any atom is -0.339 e. The van der Waals surface area contributed by atoms with Crippen LogP contribution in [0.2, 0.25) is 0 Å². The number of carbonyl (C=O) groups is 1. The maximum absolute atomic E-state index is 12.0. The fraction of sp³-hybridized carbons (Fsp3) is 0.818. The van der Waals surface area contributed by atoms with Crippen LogP contribution in [0.3, 0.4) is 0 Å². The summed E-state index contributed by atoms with van der Waals surface area (Å²) < 4.78 is 0. The zero-order valence-corrected chi connectivity index (χ0v) is 10.0. The van der Waals surface area contributed by atoms with E-state index in [2.05, 4.69) is 6.07 Å². The van der Waals surface area contributed by atoms with Gasteiger partial charge < -0.3 is 10.6 Å². The zero-order chi connectivity index (χ0) is 12.0. The van der Waals surface area contributed by atoms with E-state index in [4.69, 9.17) is 11.0 Å². The van der Waals surface area contributed by atoms with Crippen LogP contribution < -0.4 is 5.73 Å². The molecule has 2 N–H and O–H groups in total. The van der Waals surface area contributed by atoms with Gasteiger partial charge >= 0.3 is 0 Å². The van der Waals surface area contributed by atoms with E-state index in [0.717, 1.165) is 0 Å². The van der Waals surface area contributed by atoms with E-state index >= 15 is 0 Å². The van der Waals surface area contributed by atoms with Crippen molar-refractivity contribution in [2.24, 2.45) is 11.7 Å². The number of carbonyl (C=O) groups excluding carboxylic acids is 1. The normalized spacial score (nSPS) is 14.5. The summed E-state index contributed by atoms with van der Waals surface area (Å²) in [5.41, 5.74) is 5.69. The molecule has 0 aliphatic rings. The second-order valence-corrected chi connectivity index (χ2v) is 4.18. The predicted octanol–water partition coefficient (Wildman–Crippen LogP) is 1.12. The first-order chi connectivity index (χ1) is 6.91. The molecule has 2 unspecified atom stereocenters. The Morgan fingerprint density at radius 1 is 1.40 bits per heavy atom. The molecule has 86 valence electrons. The number of amides is 1. The molecule has 0 bridgehead atoms. The molecule has 4 nitrogen and oxygen atoms in total. The quantitative estimate of drug-likeness (QED) is 0.740. The molecule has 0 fully saturated rings. The van der Waals surface area contributed by atoms with Crippen molar-refractivity contribution in [1.82, 2.24) is 4.90 Å². The van der Waals surface area contributed by atoms with E-state index in [1.165, 1.54) is 0 Å². The summed E-state index contributed by atoms with van der Waals surface area (Å²) in [6, 6.07) is 2.02. The van der Waals surface area contributed by atoms with E-state index in [-0.39, 0.29) is 23.9 Å². The van der Waals surface area contributed by atoms with E-state index in [9.17, 15) is 4.79 Å². The molecule has 0 aliphatic carbocycles. The maximum atomic E-state index is 12.0. The van der Waals surface area contributed by atoms with Gasteiger partial charge in [-0.2, -0.15) is 5.26 Å². The number of hydrogen-bond donors (Lipinski definition) is 1. The smallest absolute Gasteiger partial charge is 0.227 e. The Bertz CT molecular complexity index is 243. The van der Waals surface area contributed by atoms with Gasteiger partial charge in [0.25, 0.3) is 0 Å². The lowest BCUT2D eigenvalue weighted by atomic mass is 10.0. The highest BCUT2D eigenvalue weighted by atomic mass is 16.2. The fourth-order valence-corrected chi connectivity index (χ4v) is 1.28. The Morgan fingerprint density at radius 3 is 2.27 bits per heavy atom. The van der Waals surface area contributed by atoms with Crippen LogP contribution in [0.1, 0.15) is 34.1 Å². The fourth-order valence-electron chi connectivity index (χ4n) is 1.28. The van der Waals surface area contributed by atoms with Crippen LogP contribution in [0.15, 0.2) is 0 Å². The van der Waals surface area contributed by atoms with Gasteiger partial charge in [-0.15, -0.1) is 0 Å². The van der Waals surface area contributed by atoms with Crippen LogP contribution in [-0.2, 0) is 4.79 Å². The van der Waals surface area contributed by atoms with E-state index < -0.39 is 0 Å². The summed E-state index contributed by atoms with van der Waals surface area (Å²) in [4.78, 5) is 13.7. The number of nitrogens with two attached hydrogens (primary N) is 1. The minimum atomic E-state index is -0.189. The van der Waals surface area contributed by atoms with Crippen molar-refractivity contribution in [3.63, 3.8) is 0 Å². The van der Waals surface area contributed by atoms with Gasteiger partial charge in [0.1, 0.15) is 0 Å². The minimum absolute atomic E-state index is 0.0373.